The van der Waals surface area contributed by atoms with Gasteiger partial charge in [0.05, 0.1) is 24.0 Å². The summed E-state index contributed by atoms with van der Waals surface area (Å²) < 4.78 is 0. The fourth-order valence-electron chi connectivity index (χ4n) is 8.38. The molecule has 0 saturated carbocycles. The van der Waals surface area contributed by atoms with Crippen LogP contribution in [0.15, 0.2) is 127 Å². The Labute approximate surface area is 317 Å². The molecule has 3 aliphatic rings. The van der Waals surface area contributed by atoms with Gasteiger partial charge in [0.25, 0.3) is 0 Å². The summed E-state index contributed by atoms with van der Waals surface area (Å²) in [6, 6.07) is 36.2. The number of likely N-dealkylation sites (N-methyl/N-ethyl adjacent to an activating group) is 2. The van der Waals surface area contributed by atoms with E-state index < -0.39 is 0 Å². The number of imidazole rings is 1. The zero-order valence-corrected chi connectivity index (χ0v) is 30.9. The highest BCUT2D eigenvalue weighted by molar-refractivity contribution is 6.03. The summed E-state index contributed by atoms with van der Waals surface area (Å²) in [6.07, 6.45) is 8.36. The molecule has 3 N–H and O–H groups in total. The summed E-state index contributed by atoms with van der Waals surface area (Å²) in [5.41, 5.74) is 9.60. The lowest BCUT2D eigenvalue weighted by Gasteiger charge is -2.29. The first-order valence-corrected chi connectivity index (χ1v) is 19.1. The minimum absolute atomic E-state index is 0.0273. The molecule has 54 heavy (non-hydrogen) atoms. The maximum Gasteiger partial charge on any atom is 0.244 e. The standard InChI is InChI=1S/C45H47N7O2/c1-46-41(34-11-5-3-6-12-34)44(53)51-25-9-15-39(51)37-27-36(28-48-37)32-19-17-30(18-20-32)31-21-23-33(24-22-31)38-29-49-43(50-38)40-16-10-26-52(40)45(54)42(47-2)35-13-7-4-8-14-35/h3-8,11-14,17-24,28-29,39-42,46-47H,9-10,15-16,25-27H2,1-2H3,(H,49,50)/t39-,40?,41+,42+/m0/s1. The highest BCUT2D eigenvalue weighted by atomic mass is 16.2. The second-order valence-corrected chi connectivity index (χ2v) is 14.4. The van der Waals surface area contributed by atoms with E-state index in [1.54, 1.807) is 0 Å². The molecule has 4 heterocycles. The molecule has 3 aliphatic heterocycles. The summed E-state index contributed by atoms with van der Waals surface area (Å²) in [6.45, 7) is 1.47. The van der Waals surface area contributed by atoms with E-state index >= 15 is 0 Å². The van der Waals surface area contributed by atoms with Crippen LogP contribution < -0.4 is 10.6 Å². The zero-order valence-electron chi connectivity index (χ0n) is 30.9. The minimum atomic E-state index is -0.388. The lowest BCUT2D eigenvalue weighted by atomic mass is 9.96. The van der Waals surface area contributed by atoms with E-state index in [-0.39, 0.29) is 36.0 Å². The first-order valence-electron chi connectivity index (χ1n) is 19.1. The lowest BCUT2D eigenvalue weighted by Crippen LogP contribution is -2.45. The summed E-state index contributed by atoms with van der Waals surface area (Å²) in [4.78, 5) is 44.5. The molecular formula is C45H47N7O2. The fraction of sp³-hybridized carbons (Fsp3) is 0.289. The van der Waals surface area contributed by atoms with E-state index in [4.69, 9.17) is 9.98 Å². The van der Waals surface area contributed by atoms with Crippen LogP contribution in [0.2, 0.25) is 0 Å². The Morgan fingerprint density at radius 1 is 0.667 bits per heavy atom. The molecule has 2 fully saturated rings. The van der Waals surface area contributed by atoms with Crippen LogP contribution in [0.5, 0.6) is 0 Å². The molecule has 0 radical (unpaired) electrons. The van der Waals surface area contributed by atoms with Gasteiger partial charge in [0.2, 0.25) is 11.8 Å². The monoisotopic (exact) mass is 717 g/mol. The number of nitrogens with one attached hydrogen (secondary N) is 3. The van der Waals surface area contributed by atoms with Crippen LogP contribution in [0, 0.1) is 0 Å². The SMILES string of the molecule is CN[C@@H](C(=O)N1CCCC1c1ncc(-c2ccc(-c3ccc(C4=CN=C([C@@H]5CCCN5C(=O)[C@H](NC)c5ccccc5)C4)cc3)cc2)[nH]1)c1ccccc1. The van der Waals surface area contributed by atoms with Crippen LogP contribution in [0.1, 0.15) is 72.7 Å². The number of rotatable bonds is 11. The average molecular weight is 718 g/mol. The summed E-state index contributed by atoms with van der Waals surface area (Å²) in [5.74, 6) is 1.01. The Kier molecular flexibility index (Phi) is 10.3. The number of allylic oxidation sites excluding steroid dienone is 1. The maximum atomic E-state index is 13.7. The fourth-order valence-corrected chi connectivity index (χ4v) is 8.38. The van der Waals surface area contributed by atoms with E-state index in [2.05, 4.69) is 64.1 Å². The Morgan fingerprint density at radius 3 is 1.72 bits per heavy atom. The van der Waals surface area contributed by atoms with Crippen molar-refractivity contribution in [1.82, 2.24) is 30.4 Å². The number of H-pyrrole nitrogens is 1. The van der Waals surface area contributed by atoms with Crippen LogP contribution in [0.25, 0.3) is 28.0 Å². The van der Waals surface area contributed by atoms with Crippen molar-refractivity contribution in [2.24, 2.45) is 4.99 Å². The normalized spacial score (nSPS) is 19.4. The van der Waals surface area contributed by atoms with Gasteiger partial charge in [-0.05, 0) is 78.7 Å². The Morgan fingerprint density at radius 2 is 1.17 bits per heavy atom. The van der Waals surface area contributed by atoms with Crippen LogP contribution in [0.3, 0.4) is 0 Å². The number of likely N-dealkylation sites (tertiary alicyclic amines) is 2. The van der Waals surface area contributed by atoms with Gasteiger partial charge >= 0.3 is 0 Å². The largest absolute Gasteiger partial charge is 0.340 e. The highest BCUT2D eigenvalue weighted by Crippen LogP contribution is 2.35. The smallest absolute Gasteiger partial charge is 0.244 e. The molecule has 2 amide bonds. The molecule has 2 saturated heterocycles. The van der Waals surface area contributed by atoms with Crippen LogP contribution in [-0.2, 0) is 9.59 Å². The topological polar surface area (TPSA) is 106 Å². The molecule has 8 rings (SSSR count). The molecular weight excluding hydrogens is 671 g/mol. The third-order valence-corrected chi connectivity index (χ3v) is 11.2. The number of aromatic nitrogens is 2. The number of hydrogen-bond acceptors (Lipinski definition) is 6. The van der Waals surface area contributed by atoms with E-state index in [0.717, 1.165) is 95.8 Å². The van der Waals surface area contributed by atoms with Crippen molar-refractivity contribution >= 4 is 23.1 Å². The minimum Gasteiger partial charge on any atom is -0.340 e. The summed E-state index contributed by atoms with van der Waals surface area (Å²) >= 11 is 0. The van der Waals surface area contributed by atoms with Crippen molar-refractivity contribution in [3.63, 3.8) is 0 Å². The number of carbonyl (C=O) groups is 2. The molecule has 1 unspecified atom stereocenters. The quantitative estimate of drug-likeness (QED) is 0.131. The third kappa shape index (κ3) is 7.05. The first kappa shape index (κ1) is 35.4. The van der Waals surface area contributed by atoms with Crippen LogP contribution in [0.4, 0.5) is 0 Å². The van der Waals surface area contributed by atoms with E-state index in [1.165, 1.54) is 5.57 Å². The molecule has 0 spiro atoms. The van der Waals surface area contributed by atoms with Gasteiger partial charge in [-0.3, -0.25) is 14.6 Å². The molecule has 9 heteroatoms. The number of hydrogen-bond donors (Lipinski definition) is 3. The average Bonchev–Trinajstić information content (AvgIpc) is 4.07. The van der Waals surface area contributed by atoms with Crippen molar-refractivity contribution in [2.45, 2.75) is 56.3 Å². The number of aliphatic imine (C=N–C) groups is 1. The second-order valence-electron chi connectivity index (χ2n) is 14.4. The van der Waals surface area contributed by atoms with Gasteiger partial charge in [-0.15, -0.1) is 0 Å². The highest BCUT2D eigenvalue weighted by Gasteiger charge is 2.38. The van der Waals surface area contributed by atoms with Crippen molar-refractivity contribution in [3.05, 3.63) is 144 Å². The predicted molar refractivity (Wildman–Crippen MR) is 214 cm³/mol. The third-order valence-electron chi connectivity index (χ3n) is 11.2. The van der Waals surface area contributed by atoms with Crippen molar-refractivity contribution in [2.75, 3.05) is 27.2 Å². The van der Waals surface area contributed by atoms with Gasteiger partial charge < -0.3 is 25.4 Å². The van der Waals surface area contributed by atoms with Crippen LogP contribution in [-0.4, -0.2) is 70.5 Å². The molecule has 274 valence electrons. The Hall–Kier alpha value is -5.64. The molecule has 9 nitrogen and oxygen atoms in total. The van der Waals surface area contributed by atoms with Crippen LogP contribution >= 0.6 is 0 Å². The Bertz CT molecular complexity index is 2140. The molecule has 0 bridgehead atoms. The molecule has 1 aromatic heterocycles. The number of amides is 2. The van der Waals surface area contributed by atoms with Crippen molar-refractivity contribution < 1.29 is 9.59 Å². The van der Waals surface area contributed by atoms with Gasteiger partial charge in [-0.2, -0.15) is 0 Å². The lowest BCUT2D eigenvalue weighted by molar-refractivity contribution is -0.135. The van der Waals surface area contributed by atoms with Crippen molar-refractivity contribution in [1.29, 1.82) is 0 Å². The molecule has 4 aromatic carbocycles. The van der Waals surface area contributed by atoms with Gasteiger partial charge in [-0.1, -0.05) is 109 Å². The van der Waals surface area contributed by atoms with Crippen molar-refractivity contribution in [3.8, 4) is 22.4 Å². The summed E-state index contributed by atoms with van der Waals surface area (Å²) in [7, 11) is 3.69. The van der Waals surface area contributed by atoms with E-state index in [0.29, 0.717) is 0 Å². The maximum absolute atomic E-state index is 13.7. The zero-order chi connectivity index (χ0) is 37.0. The van der Waals surface area contributed by atoms with Gasteiger partial charge in [0.1, 0.15) is 17.9 Å². The second kappa shape index (κ2) is 15.8. The molecule has 0 aliphatic carbocycles. The first-order chi connectivity index (χ1) is 26.5. The number of aromatic amines is 1. The van der Waals surface area contributed by atoms with Gasteiger partial charge in [0, 0.05) is 31.4 Å². The number of benzene rings is 4. The predicted octanol–water partition coefficient (Wildman–Crippen LogP) is 7.51. The van der Waals surface area contributed by atoms with Gasteiger partial charge in [-0.25, -0.2) is 4.98 Å². The number of nitrogens with zero attached hydrogens (tertiary/aromatic N) is 4. The van der Waals surface area contributed by atoms with E-state index in [9.17, 15) is 9.59 Å². The van der Waals surface area contributed by atoms with E-state index in [1.807, 2.05) is 97.0 Å². The molecule has 4 atom stereocenters. The number of carbonyl (C=O) groups excluding carboxylic acids is 2. The summed E-state index contributed by atoms with van der Waals surface area (Å²) in [5, 5.41) is 6.45. The van der Waals surface area contributed by atoms with Gasteiger partial charge in [0.15, 0.2) is 0 Å². The Balaban J connectivity index is 0.895. The molecule has 5 aromatic rings.